The van der Waals surface area contributed by atoms with Gasteiger partial charge in [0, 0.05) is 19.8 Å². The van der Waals surface area contributed by atoms with E-state index in [1.807, 2.05) is 19.1 Å². The van der Waals surface area contributed by atoms with Crippen LogP contribution in [0, 0.1) is 11.3 Å². The topological polar surface area (TPSA) is 68.6 Å². The van der Waals surface area contributed by atoms with Crippen molar-refractivity contribution in [3.8, 4) is 6.07 Å². The molecule has 0 saturated carbocycles. The molecule has 0 aromatic rings. The number of carbonyl (C=O) groups is 1. The predicted octanol–water partition coefficient (Wildman–Crippen LogP) is 2.24. The van der Waals surface area contributed by atoms with Crippen molar-refractivity contribution in [1.29, 1.82) is 5.26 Å². The minimum Gasteiger partial charge on any atom is -0.303 e. The highest BCUT2D eigenvalue weighted by Gasteiger charge is 2.39. The van der Waals surface area contributed by atoms with E-state index >= 15 is 0 Å². The number of nitriles is 1. The maximum absolute atomic E-state index is 10.2. The molecule has 0 aromatic heterocycles. The molecular formula is C12H17NO4. The van der Waals surface area contributed by atoms with Gasteiger partial charge in [-0.25, -0.2) is 4.89 Å². The van der Waals surface area contributed by atoms with Crippen LogP contribution in [0.25, 0.3) is 0 Å². The van der Waals surface area contributed by atoms with Crippen LogP contribution in [-0.4, -0.2) is 18.4 Å². The van der Waals surface area contributed by atoms with Gasteiger partial charge in [0.2, 0.25) is 0 Å². The molecule has 0 aliphatic carbocycles. The number of carbonyl (C=O) groups excluding carboxylic acids is 1. The van der Waals surface area contributed by atoms with Crippen LogP contribution < -0.4 is 0 Å². The first-order chi connectivity index (χ1) is 8.09. The predicted molar refractivity (Wildman–Crippen MR) is 59.4 cm³/mol. The second-order valence-corrected chi connectivity index (χ2v) is 4.12. The lowest BCUT2D eigenvalue weighted by Gasteiger charge is -2.09. The highest BCUT2D eigenvalue weighted by Crippen LogP contribution is 2.26. The van der Waals surface area contributed by atoms with Crippen molar-refractivity contribution in [2.75, 3.05) is 0 Å². The van der Waals surface area contributed by atoms with Crippen LogP contribution in [0.1, 0.15) is 39.5 Å². The van der Waals surface area contributed by atoms with E-state index in [-0.39, 0.29) is 0 Å². The van der Waals surface area contributed by atoms with Crippen molar-refractivity contribution in [2.45, 2.75) is 51.6 Å². The first-order valence-electron chi connectivity index (χ1n) is 5.62. The molecule has 5 nitrogen and oxygen atoms in total. The van der Waals surface area contributed by atoms with Gasteiger partial charge in [-0.2, -0.15) is 10.1 Å². The molecular weight excluding hydrogens is 222 g/mol. The summed E-state index contributed by atoms with van der Waals surface area (Å²) in [5, 5.41) is 8.73. The summed E-state index contributed by atoms with van der Waals surface area (Å²) in [5.74, 6) is -1.29. The molecule has 0 radical (unpaired) electrons. The van der Waals surface area contributed by atoms with Gasteiger partial charge in [0.25, 0.3) is 5.79 Å². The summed E-state index contributed by atoms with van der Waals surface area (Å²) in [6, 6.07) is 1.87. The van der Waals surface area contributed by atoms with Gasteiger partial charge in [-0.05, 0) is 19.8 Å². The van der Waals surface area contributed by atoms with Crippen molar-refractivity contribution in [2.24, 2.45) is 0 Å². The van der Waals surface area contributed by atoms with Crippen molar-refractivity contribution in [1.82, 2.24) is 0 Å². The zero-order valence-corrected chi connectivity index (χ0v) is 10.1. The van der Waals surface area contributed by atoms with Crippen molar-refractivity contribution in [3.63, 3.8) is 0 Å². The minimum absolute atomic E-state index is 0.505. The van der Waals surface area contributed by atoms with Crippen LogP contribution in [0.3, 0.4) is 0 Å². The Morgan fingerprint density at radius 3 is 2.88 bits per heavy atom. The first kappa shape index (κ1) is 13.8. The molecule has 2 unspecified atom stereocenters. The fourth-order valence-electron chi connectivity index (χ4n) is 1.44. The minimum atomic E-state index is -1.29. The fourth-order valence-corrected chi connectivity index (χ4v) is 1.44. The van der Waals surface area contributed by atoms with E-state index in [9.17, 15) is 4.79 Å². The third-order valence-corrected chi connectivity index (χ3v) is 2.43. The molecule has 1 rings (SSSR count). The highest BCUT2D eigenvalue weighted by atomic mass is 17.3. The number of ether oxygens (including phenoxy) is 1. The fraction of sp³-hybridized carbons (Fsp3) is 0.667. The van der Waals surface area contributed by atoms with E-state index in [2.05, 4.69) is 0 Å². The summed E-state index contributed by atoms with van der Waals surface area (Å²) >= 11 is 0. The standard InChI is InChI=1S/C12H17NO4/c1-10(6-4-8-14)5-3-7-11-15-12(2,9-13)17-16-11/h5,8,11H,3-4,6-7H2,1-2H3/b10-5-. The first-order valence-corrected chi connectivity index (χ1v) is 5.62. The molecule has 1 heterocycles. The molecule has 1 saturated heterocycles. The van der Waals surface area contributed by atoms with E-state index in [0.29, 0.717) is 12.8 Å². The van der Waals surface area contributed by atoms with Crippen LogP contribution in [0.5, 0.6) is 0 Å². The molecule has 1 fully saturated rings. The second kappa shape index (κ2) is 6.50. The average molecular weight is 239 g/mol. The zero-order chi connectivity index (χ0) is 12.7. The third kappa shape index (κ3) is 4.65. The summed E-state index contributed by atoms with van der Waals surface area (Å²) in [7, 11) is 0. The molecule has 17 heavy (non-hydrogen) atoms. The van der Waals surface area contributed by atoms with E-state index in [1.54, 1.807) is 0 Å². The van der Waals surface area contributed by atoms with E-state index in [0.717, 1.165) is 19.1 Å². The van der Waals surface area contributed by atoms with Gasteiger partial charge in [-0.1, -0.05) is 11.6 Å². The number of nitrogens with zero attached hydrogens (tertiary/aromatic N) is 1. The number of rotatable bonds is 6. The van der Waals surface area contributed by atoms with E-state index < -0.39 is 12.1 Å². The number of allylic oxidation sites excluding steroid dienone is 2. The zero-order valence-electron chi connectivity index (χ0n) is 10.1. The molecule has 1 aliphatic rings. The Morgan fingerprint density at radius 1 is 1.53 bits per heavy atom. The smallest absolute Gasteiger partial charge is 0.288 e. The van der Waals surface area contributed by atoms with Gasteiger partial charge in [0.1, 0.15) is 12.4 Å². The summed E-state index contributed by atoms with van der Waals surface area (Å²) in [6.45, 7) is 3.49. The SMILES string of the molecule is C/C(=C/CCC1OOC(C)(C#N)O1)CCC=O. The maximum Gasteiger partial charge on any atom is 0.288 e. The quantitative estimate of drug-likeness (QED) is 0.404. The lowest BCUT2D eigenvalue weighted by atomic mass is 10.1. The molecule has 1 aliphatic heterocycles. The van der Waals surface area contributed by atoms with Crippen LogP contribution in [-0.2, 0) is 19.3 Å². The van der Waals surface area contributed by atoms with E-state index in [4.69, 9.17) is 19.8 Å². The number of hydrogen-bond donors (Lipinski definition) is 0. The van der Waals surface area contributed by atoms with E-state index in [1.165, 1.54) is 12.5 Å². The Kier molecular flexibility index (Phi) is 5.29. The second-order valence-electron chi connectivity index (χ2n) is 4.12. The highest BCUT2D eigenvalue weighted by molar-refractivity contribution is 5.49. The third-order valence-electron chi connectivity index (χ3n) is 2.43. The maximum atomic E-state index is 10.2. The van der Waals surface area contributed by atoms with Gasteiger partial charge in [0.15, 0.2) is 6.29 Å². The van der Waals surface area contributed by atoms with Gasteiger partial charge < -0.3 is 9.53 Å². The lowest BCUT2D eigenvalue weighted by Crippen LogP contribution is -2.23. The van der Waals surface area contributed by atoms with Crippen LogP contribution in [0.4, 0.5) is 0 Å². The Labute approximate surface area is 101 Å². The Bertz CT molecular complexity index is 334. The van der Waals surface area contributed by atoms with Gasteiger partial charge in [-0.15, -0.1) is 0 Å². The van der Waals surface area contributed by atoms with Crippen LogP contribution in [0.2, 0.25) is 0 Å². The lowest BCUT2D eigenvalue weighted by molar-refractivity contribution is -0.311. The van der Waals surface area contributed by atoms with Gasteiger partial charge in [0.05, 0.1) is 0 Å². The average Bonchev–Trinajstić information content (AvgIpc) is 2.69. The summed E-state index contributed by atoms with van der Waals surface area (Å²) in [4.78, 5) is 19.8. The van der Waals surface area contributed by atoms with Gasteiger partial charge in [-0.3, -0.25) is 0 Å². The van der Waals surface area contributed by atoms with Crippen LogP contribution in [0.15, 0.2) is 11.6 Å². The molecule has 0 bridgehead atoms. The summed E-state index contributed by atoms with van der Waals surface area (Å²) < 4.78 is 5.27. The number of hydrogen-bond acceptors (Lipinski definition) is 5. The molecule has 2 atom stereocenters. The largest absolute Gasteiger partial charge is 0.303 e. The molecule has 0 N–H and O–H groups in total. The molecule has 0 aromatic carbocycles. The van der Waals surface area contributed by atoms with Crippen molar-refractivity contribution in [3.05, 3.63) is 11.6 Å². The summed E-state index contributed by atoms with van der Waals surface area (Å²) in [5.41, 5.74) is 1.17. The molecule has 5 heteroatoms. The molecule has 94 valence electrons. The number of aldehydes is 1. The molecule has 0 amide bonds. The Balaban J connectivity index is 2.24. The monoisotopic (exact) mass is 239 g/mol. The van der Waals surface area contributed by atoms with Crippen molar-refractivity contribution >= 4 is 6.29 Å². The van der Waals surface area contributed by atoms with Crippen molar-refractivity contribution < 1.29 is 19.3 Å². The van der Waals surface area contributed by atoms with Gasteiger partial charge >= 0.3 is 0 Å². The Hall–Kier alpha value is -1.22. The summed E-state index contributed by atoms with van der Waals surface area (Å²) in [6.07, 6.45) is 5.16. The molecule has 0 spiro atoms. The normalized spacial score (nSPS) is 29.0. The Morgan fingerprint density at radius 2 is 2.29 bits per heavy atom. The van der Waals surface area contributed by atoms with Crippen LogP contribution >= 0.6 is 0 Å².